The van der Waals surface area contributed by atoms with Crippen LogP contribution >= 0.6 is 0 Å². The highest BCUT2D eigenvalue weighted by Gasteiger charge is 2.19. The molecule has 142 valence electrons. The smallest absolute Gasteiger partial charge is 0.272 e. The van der Waals surface area contributed by atoms with E-state index < -0.39 is 0 Å². The minimum atomic E-state index is -0.0103. The first-order valence-corrected chi connectivity index (χ1v) is 9.39. The van der Waals surface area contributed by atoms with Gasteiger partial charge in [-0.15, -0.1) is 0 Å². The van der Waals surface area contributed by atoms with Gasteiger partial charge in [-0.1, -0.05) is 26.0 Å². The molecule has 0 aliphatic rings. The van der Waals surface area contributed by atoms with Gasteiger partial charge in [-0.05, 0) is 49.1 Å². The third-order valence-corrected chi connectivity index (χ3v) is 4.41. The summed E-state index contributed by atoms with van der Waals surface area (Å²) in [5.41, 5.74) is 3.67. The zero-order valence-electron chi connectivity index (χ0n) is 16.5. The fourth-order valence-electron chi connectivity index (χ4n) is 3.16. The Balaban J connectivity index is 1.76. The molecule has 1 amide bonds. The summed E-state index contributed by atoms with van der Waals surface area (Å²) in [5, 5.41) is 8.85. The molecule has 0 saturated heterocycles. The number of benzene rings is 1. The summed E-state index contributed by atoms with van der Waals surface area (Å²) in [7, 11) is 1.83. The molecule has 0 saturated carbocycles. The Labute approximate surface area is 160 Å². The van der Waals surface area contributed by atoms with Crippen LogP contribution in [0.25, 0.3) is 5.69 Å². The molecule has 0 spiro atoms. The predicted molar refractivity (Wildman–Crippen MR) is 106 cm³/mol. The normalized spacial score (nSPS) is 11.1. The van der Waals surface area contributed by atoms with Crippen molar-refractivity contribution >= 4 is 5.91 Å². The molecule has 3 rings (SSSR count). The van der Waals surface area contributed by atoms with E-state index in [9.17, 15) is 4.79 Å². The maximum atomic E-state index is 13.0. The summed E-state index contributed by atoms with van der Waals surface area (Å²) in [6.07, 6.45) is 4.54. The van der Waals surface area contributed by atoms with Crippen LogP contribution in [-0.4, -0.2) is 37.4 Å². The molecular weight excluding hydrogens is 338 g/mol. The second-order valence-corrected chi connectivity index (χ2v) is 7.22. The number of rotatable bonds is 7. The van der Waals surface area contributed by atoms with Crippen molar-refractivity contribution in [2.45, 2.75) is 40.3 Å². The van der Waals surface area contributed by atoms with E-state index in [1.165, 1.54) is 0 Å². The van der Waals surface area contributed by atoms with Crippen molar-refractivity contribution in [3.05, 3.63) is 65.7 Å². The first-order chi connectivity index (χ1) is 13.0. The topological polar surface area (TPSA) is 56.0 Å². The quantitative estimate of drug-likeness (QED) is 0.643. The SMILES string of the molecule is CCn1nc(CC(C)C)cc1C(=O)N(C)Cc1cccc(-n2cccn2)c1. The number of amides is 1. The fraction of sp³-hybridized carbons (Fsp3) is 0.381. The van der Waals surface area contributed by atoms with E-state index in [-0.39, 0.29) is 5.91 Å². The second-order valence-electron chi connectivity index (χ2n) is 7.22. The third kappa shape index (κ3) is 4.45. The minimum Gasteiger partial charge on any atom is -0.336 e. The van der Waals surface area contributed by atoms with Gasteiger partial charge in [0.2, 0.25) is 0 Å². The van der Waals surface area contributed by atoms with Crippen molar-refractivity contribution in [2.24, 2.45) is 5.92 Å². The summed E-state index contributed by atoms with van der Waals surface area (Å²) >= 11 is 0. The third-order valence-electron chi connectivity index (χ3n) is 4.41. The Morgan fingerprint density at radius 2 is 2.04 bits per heavy atom. The first-order valence-electron chi connectivity index (χ1n) is 9.39. The molecule has 6 heteroatoms. The maximum absolute atomic E-state index is 13.0. The van der Waals surface area contributed by atoms with Crippen LogP contribution in [0, 0.1) is 5.92 Å². The van der Waals surface area contributed by atoms with E-state index in [2.05, 4.69) is 30.1 Å². The number of carbonyl (C=O) groups is 1. The van der Waals surface area contributed by atoms with Crippen molar-refractivity contribution in [1.29, 1.82) is 0 Å². The van der Waals surface area contributed by atoms with Gasteiger partial charge in [0.25, 0.3) is 5.91 Å². The molecule has 27 heavy (non-hydrogen) atoms. The van der Waals surface area contributed by atoms with Crippen LogP contribution in [0.3, 0.4) is 0 Å². The van der Waals surface area contributed by atoms with Gasteiger partial charge in [0, 0.05) is 32.5 Å². The maximum Gasteiger partial charge on any atom is 0.272 e. The van der Waals surface area contributed by atoms with Crippen molar-refractivity contribution in [1.82, 2.24) is 24.5 Å². The number of hydrogen-bond acceptors (Lipinski definition) is 3. The highest BCUT2D eigenvalue weighted by molar-refractivity contribution is 5.92. The predicted octanol–water partition coefficient (Wildman–Crippen LogP) is 3.56. The van der Waals surface area contributed by atoms with Gasteiger partial charge in [0.1, 0.15) is 5.69 Å². The standard InChI is InChI=1S/C21H27N5O/c1-5-25-20(14-18(23-25)12-16(2)3)21(27)24(4)15-17-8-6-9-19(13-17)26-11-7-10-22-26/h6-11,13-14,16H,5,12,15H2,1-4H3. The molecule has 0 unspecified atom stereocenters. The van der Waals surface area contributed by atoms with Crippen molar-refractivity contribution < 1.29 is 4.79 Å². The lowest BCUT2D eigenvalue weighted by Gasteiger charge is -2.18. The van der Waals surface area contributed by atoms with Gasteiger partial charge in [-0.2, -0.15) is 10.2 Å². The Morgan fingerprint density at radius 1 is 1.22 bits per heavy atom. The molecular formula is C21H27N5O. The second kappa shape index (κ2) is 8.20. The number of carbonyl (C=O) groups excluding carboxylic acids is 1. The zero-order valence-corrected chi connectivity index (χ0v) is 16.5. The van der Waals surface area contributed by atoms with Gasteiger partial charge in [0.05, 0.1) is 11.4 Å². The highest BCUT2D eigenvalue weighted by Crippen LogP contribution is 2.15. The number of hydrogen-bond donors (Lipinski definition) is 0. The Kier molecular flexibility index (Phi) is 5.74. The average Bonchev–Trinajstić information content (AvgIpc) is 3.30. The molecule has 2 heterocycles. The molecule has 0 radical (unpaired) electrons. The van der Waals surface area contributed by atoms with E-state index >= 15 is 0 Å². The van der Waals surface area contributed by atoms with Crippen LogP contribution in [0.5, 0.6) is 0 Å². The molecule has 2 aromatic heterocycles. The molecule has 6 nitrogen and oxygen atoms in total. The molecule has 0 fully saturated rings. The zero-order chi connectivity index (χ0) is 19.4. The number of aryl methyl sites for hydroxylation is 1. The van der Waals surface area contributed by atoms with Crippen LogP contribution in [0.2, 0.25) is 0 Å². The van der Waals surface area contributed by atoms with Crippen molar-refractivity contribution in [2.75, 3.05) is 7.05 Å². The summed E-state index contributed by atoms with van der Waals surface area (Å²) in [6.45, 7) is 7.54. The molecule has 1 aromatic carbocycles. The molecule has 0 bridgehead atoms. The lowest BCUT2D eigenvalue weighted by Crippen LogP contribution is -2.28. The van der Waals surface area contributed by atoms with Crippen molar-refractivity contribution in [3.8, 4) is 5.69 Å². The highest BCUT2D eigenvalue weighted by atomic mass is 16.2. The number of aromatic nitrogens is 4. The molecule has 3 aromatic rings. The summed E-state index contributed by atoms with van der Waals surface area (Å²) < 4.78 is 3.62. The van der Waals surface area contributed by atoms with Crippen LogP contribution in [0.4, 0.5) is 0 Å². The van der Waals surface area contributed by atoms with Crippen LogP contribution in [0.15, 0.2) is 48.8 Å². The molecule has 0 aliphatic carbocycles. The summed E-state index contributed by atoms with van der Waals surface area (Å²) in [4.78, 5) is 14.7. The van der Waals surface area contributed by atoms with Crippen LogP contribution in [0.1, 0.15) is 42.5 Å². The van der Waals surface area contributed by atoms with E-state index in [0.29, 0.717) is 24.7 Å². The summed E-state index contributed by atoms with van der Waals surface area (Å²) in [6, 6.07) is 11.9. The molecule has 0 aliphatic heterocycles. The Morgan fingerprint density at radius 3 is 2.70 bits per heavy atom. The minimum absolute atomic E-state index is 0.0103. The van der Waals surface area contributed by atoms with Gasteiger partial charge < -0.3 is 4.90 Å². The first kappa shape index (κ1) is 18.9. The Hall–Kier alpha value is -2.89. The van der Waals surface area contributed by atoms with Gasteiger partial charge >= 0.3 is 0 Å². The molecule has 0 N–H and O–H groups in total. The lowest BCUT2D eigenvalue weighted by atomic mass is 10.1. The summed E-state index contributed by atoms with van der Waals surface area (Å²) in [5.74, 6) is 0.500. The average molecular weight is 365 g/mol. The largest absolute Gasteiger partial charge is 0.336 e. The number of nitrogens with zero attached hydrogens (tertiary/aromatic N) is 5. The van der Waals surface area contributed by atoms with Gasteiger partial charge in [-0.25, -0.2) is 4.68 Å². The van der Waals surface area contributed by atoms with E-state index in [0.717, 1.165) is 23.4 Å². The fourth-order valence-corrected chi connectivity index (χ4v) is 3.16. The Bertz CT molecular complexity index is 895. The van der Waals surface area contributed by atoms with E-state index in [1.807, 2.05) is 55.2 Å². The van der Waals surface area contributed by atoms with Crippen LogP contribution < -0.4 is 0 Å². The van der Waals surface area contributed by atoms with Crippen molar-refractivity contribution in [3.63, 3.8) is 0 Å². The molecule has 0 atom stereocenters. The van der Waals surface area contributed by atoms with Crippen LogP contribution in [-0.2, 0) is 19.5 Å². The van der Waals surface area contributed by atoms with Gasteiger partial charge in [0.15, 0.2) is 0 Å². The van der Waals surface area contributed by atoms with E-state index in [1.54, 1.807) is 15.8 Å². The van der Waals surface area contributed by atoms with Gasteiger partial charge in [-0.3, -0.25) is 9.48 Å². The monoisotopic (exact) mass is 365 g/mol. The van der Waals surface area contributed by atoms with E-state index in [4.69, 9.17) is 0 Å². The lowest BCUT2D eigenvalue weighted by molar-refractivity contribution is 0.0772.